The van der Waals surface area contributed by atoms with E-state index in [1.54, 1.807) is 0 Å². The first-order chi connectivity index (χ1) is 1.00. The predicted octanol–water partition coefficient (Wildman–Crippen LogP) is -0.126. The van der Waals surface area contributed by atoms with Crippen LogP contribution in [0.5, 0.6) is 0 Å². The third-order valence-corrected chi connectivity index (χ3v) is 0. The van der Waals surface area contributed by atoms with Crippen LogP contribution in [-0.2, 0) is 70.1 Å². The SMILES string of the molecule is [Hf].[O]=[W].[W]. The molecule has 0 aliphatic heterocycles. The average Bonchev–Trinajstić information content (AvgIpc) is 1.00. The van der Waals surface area contributed by atoms with Crippen molar-refractivity contribution in [3.8, 4) is 0 Å². The molecule has 0 aromatic carbocycles. The van der Waals surface area contributed by atoms with Crippen LogP contribution >= 0.6 is 0 Å². The van der Waals surface area contributed by atoms with Crippen LogP contribution in [0.4, 0.5) is 0 Å². The summed E-state index contributed by atoms with van der Waals surface area (Å²) in [5, 5.41) is 0. The van der Waals surface area contributed by atoms with Crippen LogP contribution in [0.3, 0.4) is 0 Å². The molecule has 0 unspecified atom stereocenters. The molecule has 0 aliphatic carbocycles. The van der Waals surface area contributed by atoms with Crippen molar-refractivity contribution in [2.45, 2.75) is 0 Å². The van der Waals surface area contributed by atoms with E-state index in [9.17, 15) is 0 Å². The van der Waals surface area contributed by atoms with Gasteiger partial charge in [0, 0.05) is 46.9 Å². The van der Waals surface area contributed by atoms with E-state index in [1.165, 1.54) is 0 Å². The number of rotatable bonds is 0. The largest absolute Gasteiger partial charge is 0 e. The van der Waals surface area contributed by atoms with Crippen molar-refractivity contribution in [3.05, 3.63) is 0 Å². The fourth-order valence-corrected chi connectivity index (χ4v) is 0. The van der Waals surface area contributed by atoms with Gasteiger partial charge in [0.05, 0.1) is 0 Å². The van der Waals surface area contributed by atoms with Crippen molar-refractivity contribution in [2.75, 3.05) is 0 Å². The minimum atomic E-state index is 0. The maximum Gasteiger partial charge on any atom is 0 e. The molecule has 0 saturated carbocycles. The van der Waals surface area contributed by atoms with E-state index >= 15 is 0 Å². The molecule has 0 heterocycles. The van der Waals surface area contributed by atoms with Crippen molar-refractivity contribution in [1.29, 1.82) is 0 Å². The second-order valence-electron chi connectivity index (χ2n) is 0. The summed E-state index contributed by atoms with van der Waals surface area (Å²) < 4.78 is 8.33. The van der Waals surface area contributed by atoms with Crippen molar-refractivity contribution in [1.82, 2.24) is 0 Å². The quantitative estimate of drug-likeness (QED) is 0.377. The van der Waals surface area contributed by atoms with Crippen LogP contribution in [0.2, 0.25) is 0 Å². The van der Waals surface area contributed by atoms with Crippen molar-refractivity contribution in [2.24, 2.45) is 0 Å². The minimum absolute atomic E-state index is 0. The van der Waals surface area contributed by atoms with Gasteiger partial charge in [0.1, 0.15) is 0 Å². The summed E-state index contributed by atoms with van der Waals surface area (Å²) >= 11 is 0.333. The van der Waals surface area contributed by atoms with Gasteiger partial charge in [-0.2, -0.15) is 0 Å². The Morgan fingerprint density at radius 2 is 1.25 bits per heavy atom. The van der Waals surface area contributed by atoms with E-state index in [-0.39, 0.29) is 46.9 Å². The predicted molar refractivity (Wildman–Crippen MR) is 0.686 cm³/mol. The molecule has 0 amide bonds. The molecule has 0 aromatic rings. The first-order valence-electron chi connectivity index (χ1n) is 0.167. The van der Waals surface area contributed by atoms with Gasteiger partial charge in [-0.25, -0.2) is 0 Å². The van der Waals surface area contributed by atoms with Crippen LogP contribution in [-0.4, -0.2) is 0 Å². The zero-order chi connectivity index (χ0) is 2.00. The van der Waals surface area contributed by atoms with Crippen molar-refractivity contribution >= 4 is 0 Å². The Bertz CT molecular complexity index is 6.00. The molecule has 1 nitrogen and oxygen atoms in total. The van der Waals surface area contributed by atoms with Crippen LogP contribution in [0.15, 0.2) is 0 Å². The Balaban J connectivity index is -0.00000000500. The Labute approximate surface area is 69.2 Å². The van der Waals surface area contributed by atoms with Gasteiger partial charge in [-0.1, -0.05) is 0 Å². The molecule has 0 saturated heterocycles. The number of hydrogen-bond donors (Lipinski definition) is 0. The Kier molecular flexibility index (Phi) is 81.8. The molecule has 22 valence electrons. The summed E-state index contributed by atoms with van der Waals surface area (Å²) in [7, 11) is 0. The third kappa shape index (κ3) is 8.97. The van der Waals surface area contributed by atoms with Gasteiger partial charge in [-0.05, 0) is 0 Å². The first kappa shape index (κ1) is 16.6. The van der Waals surface area contributed by atoms with Crippen molar-refractivity contribution in [3.63, 3.8) is 0 Å². The van der Waals surface area contributed by atoms with Crippen LogP contribution in [0, 0.1) is 0 Å². The fourth-order valence-electron chi connectivity index (χ4n) is 0. The van der Waals surface area contributed by atoms with Crippen LogP contribution in [0.25, 0.3) is 0 Å². The molecule has 0 fully saturated rings. The standard InChI is InChI=1S/Hf.O.2W. The molecule has 0 aliphatic rings. The van der Waals surface area contributed by atoms with Gasteiger partial charge in [0.15, 0.2) is 0 Å². The molecule has 0 N–H and O–H groups in total. The molecule has 0 atom stereocenters. The van der Waals surface area contributed by atoms with E-state index in [4.69, 9.17) is 3.40 Å². The fraction of sp³-hybridized carbons (Fsp3) is 0. The third-order valence-electron chi connectivity index (χ3n) is 0. The summed E-state index contributed by atoms with van der Waals surface area (Å²) in [6, 6.07) is 0. The second kappa shape index (κ2) is 19.7. The zero-order valence-electron chi connectivity index (χ0n) is 1.72. The minimum Gasteiger partial charge on any atom is 0 e. The Hall–Kier alpha value is 2.05. The second-order valence-corrected chi connectivity index (χ2v) is 0. The molecule has 0 aromatic heterocycles. The normalized spacial score (nSPS) is 1.00. The summed E-state index contributed by atoms with van der Waals surface area (Å²) in [6.07, 6.45) is 0. The van der Waals surface area contributed by atoms with Gasteiger partial charge < -0.3 is 0 Å². The van der Waals surface area contributed by atoms with E-state index in [1.807, 2.05) is 0 Å². The molecular formula is HfOW2. The Morgan fingerprint density at radius 1 is 1.25 bits per heavy atom. The van der Waals surface area contributed by atoms with Gasteiger partial charge in [0.2, 0.25) is 0 Å². The molecule has 0 radical (unpaired) electrons. The summed E-state index contributed by atoms with van der Waals surface area (Å²) in [4.78, 5) is 0. The van der Waals surface area contributed by atoms with E-state index < -0.39 is 0 Å². The van der Waals surface area contributed by atoms with Crippen molar-refractivity contribution < 1.29 is 70.1 Å². The van der Waals surface area contributed by atoms with E-state index in [0.717, 1.165) is 0 Å². The van der Waals surface area contributed by atoms with Crippen LogP contribution in [0.1, 0.15) is 0 Å². The summed E-state index contributed by atoms with van der Waals surface area (Å²) in [5.41, 5.74) is 0. The van der Waals surface area contributed by atoms with Gasteiger partial charge in [0.25, 0.3) is 0 Å². The average molecular weight is 562 g/mol. The van der Waals surface area contributed by atoms with E-state index in [2.05, 4.69) is 0 Å². The topological polar surface area (TPSA) is 17.1 Å². The molecular weight excluding hydrogens is 562 g/mol. The molecule has 0 rings (SSSR count). The number of hydrogen-bond acceptors (Lipinski definition) is 1. The molecule has 4 heteroatoms. The zero-order valence-corrected chi connectivity index (χ0v) is 11.2. The van der Waals surface area contributed by atoms with Crippen LogP contribution < -0.4 is 0 Å². The summed E-state index contributed by atoms with van der Waals surface area (Å²) in [6.45, 7) is 0. The van der Waals surface area contributed by atoms with Gasteiger partial charge in [-0.3, -0.25) is 0 Å². The maximum absolute atomic E-state index is 8.33. The summed E-state index contributed by atoms with van der Waals surface area (Å²) in [5.74, 6) is 0. The Morgan fingerprint density at radius 3 is 1.25 bits per heavy atom. The maximum atomic E-state index is 8.33. The monoisotopic (exact) mass is 564 g/mol. The molecule has 4 heavy (non-hydrogen) atoms. The van der Waals surface area contributed by atoms with E-state index in [0.29, 0.717) is 19.8 Å². The first-order valence-corrected chi connectivity index (χ1v) is 1.36. The smallest absolute Gasteiger partial charge is 0 e. The van der Waals surface area contributed by atoms with Gasteiger partial charge in [-0.15, -0.1) is 0 Å². The molecule has 0 spiro atoms. The molecule has 0 bridgehead atoms. The van der Waals surface area contributed by atoms with Gasteiger partial charge >= 0.3 is 23.2 Å².